The van der Waals surface area contributed by atoms with E-state index in [1.54, 1.807) is 19.2 Å². The fourth-order valence-corrected chi connectivity index (χ4v) is 4.81. The molecule has 180 valence electrons. The molecule has 5 rings (SSSR count). The molecule has 0 bridgehead atoms. The van der Waals surface area contributed by atoms with E-state index in [4.69, 9.17) is 14.2 Å². The van der Waals surface area contributed by atoms with Crippen LogP contribution < -0.4 is 20.1 Å². The molecule has 2 unspecified atom stereocenters. The Kier molecular flexibility index (Phi) is 7.10. The van der Waals surface area contributed by atoms with Crippen molar-refractivity contribution in [1.82, 2.24) is 20.2 Å². The molecule has 2 aromatic carbocycles. The number of fused-ring (bicyclic) bond motifs is 2. The van der Waals surface area contributed by atoms with Crippen LogP contribution in [-0.4, -0.2) is 73.5 Å². The summed E-state index contributed by atoms with van der Waals surface area (Å²) in [7, 11) is 1.60. The van der Waals surface area contributed by atoms with Gasteiger partial charge in [-0.3, -0.25) is 4.90 Å². The van der Waals surface area contributed by atoms with E-state index in [1.807, 2.05) is 12.1 Å². The number of hydrogen-bond donors (Lipinski definition) is 2. The van der Waals surface area contributed by atoms with Gasteiger partial charge in [-0.15, -0.1) is 0 Å². The summed E-state index contributed by atoms with van der Waals surface area (Å²) >= 11 is 3.28. The lowest BCUT2D eigenvalue weighted by atomic mass is 10.2. The highest BCUT2D eigenvalue weighted by Gasteiger charge is 2.34. The highest BCUT2D eigenvalue weighted by molar-refractivity contribution is 9.10. The van der Waals surface area contributed by atoms with Gasteiger partial charge in [0.05, 0.1) is 37.6 Å². The zero-order valence-corrected chi connectivity index (χ0v) is 20.5. The van der Waals surface area contributed by atoms with Crippen LogP contribution in [0.4, 0.5) is 15.9 Å². The summed E-state index contributed by atoms with van der Waals surface area (Å²) in [5, 5.41) is 7.31. The number of rotatable bonds is 8. The lowest BCUT2D eigenvalue weighted by Crippen LogP contribution is -2.47. The molecule has 0 aliphatic carbocycles. The summed E-state index contributed by atoms with van der Waals surface area (Å²) in [4.78, 5) is 11.1. The molecule has 8 nitrogen and oxygen atoms in total. The lowest BCUT2D eigenvalue weighted by molar-refractivity contribution is 0.0176. The Bertz CT molecular complexity index is 1150. The van der Waals surface area contributed by atoms with E-state index in [2.05, 4.69) is 41.4 Å². The minimum atomic E-state index is -0.381. The first kappa shape index (κ1) is 23.2. The molecule has 2 saturated heterocycles. The van der Waals surface area contributed by atoms with Gasteiger partial charge in [0.25, 0.3) is 0 Å². The average Bonchev–Trinajstić information content (AvgIpc) is 3.26. The number of likely N-dealkylation sites (tertiary alicyclic amines) is 1. The van der Waals surface area contributed by atoms with Crippen LogP contribution in [0.5, 0.6) is 11.5 Å². The zero-order chi connectivity index (χ0) is 23.5. The van der Waals surface area contributed by atoms with Crippen molar-refractivity contribution in [3.63, 3.8) is 0 Å². The molecule has 2 aliphatic rings. The second kappa shape index (κ2) is 10.4. The summed E-state index contributed by atoms with van der Waals surface area (Å²) in [5.74, 6) is 1.31. The molecule has 1 aromatic heterocycles. The van der Waals surface area contributed by atoms with E-state index in [9.17, 15) is 4.39 Å². The summed E-state index contributed by atoms with van der Waals surface area (Å²) < 4.78 is 32.5. The van der Waals surface area contributed by atoms with Crippen LogP contribution in [0.25, 0.3) is 10.9 Å². The minimum absolute atomic E-state index is 0.289. The van der Waals surface area contributed by atoms with Crippen LogP contribution in [0.15, 0.2) is 41.1 Å². The summed E-state index contributed by atoms with van der Waals surface area (Å²) in [6.45, 7) is 5.15. The molecular formula is C24H27BrFN5O3. The maximum atomic E-state index is 14.4. The molecule has 2 fully saturated rings. The Hall–Kier alpha value is -2.53. The maximum absolute atomic E-state index is 14.4. The molecule has 0 spiro atoms. The zero-order valence-electron chi connectivity index (χ0n) is 18.9. The third-order valence-corrected chi connectivity index (χ3v) is 6.66. The van der Waals surface area contributed by atoms with Crippen molar-refractivity contribution in [2.45, 2.75) is 18.6 Å². The van der Waals surface area contributed by atoms with Gasteiger partial charge in [-0.1, -0.05) is 15.9 Å². The van der Waals surface area contributed by atoms with Gasteiger partial charge in [0.2, 0.25) is 0 Å². The summed E-state index contributed by atoms with van der Waals surface area (Å²) in [6, 6.07) is 8.91. The summed E-state index contributed by atoms with van der Waals surface area (Å²) in [5.41, 5.74) is 0.998. The third kappa shape index (κ3) is 5.10. The molecule has 2 aliphatic heterocycles. The van der Waals surface area contributed by atoms with Crippen molar-refractivity contribution in [2.75, 3.05) is 51.8 Å². The first-order valence-corrected chi connectivity index (χ1v) is 12.1. The van der Waals surface area contributed by atoms with Crippen molar-refractivity contribution >= 4 is 38.3 Å². The largest absolute Gasteiger partial charge is 0.493 e. The van der Waals surface area contributed by atoms with Crippen molar-refractivity contribution < 1.29 is 18.6 Å². The Labute approximate surface area is 205 Å². The average molecular weight is 532 g/mol. The predicted molar refractivity (Wildman–Crippen MR) is 132 cm³/mol. The van der Waals surface area contributed by atoms with Gasteiger partial charge in [-0.05, 0) is 30.7 Å². The van der Waals surface area contributed by atoms with E-state index in [-0.39, 0.29) is 11.9 Å². The highest BCUT2D eigenvalue weighted by atomic mass is 79.9. The first-order valence-electron chi connectivity index (χ1n) is 11.4. The van der Waals surface area contributed by atoms with Crippen LogP contribution in [0, 0.1) is 5.82 Å². The number of nitrogens with zero attached hydrogens (tertiary/aromatic N) is 3. The van der Waals surface area contributed by atoms with Crippen molar-refractivity contribution in [3.05, 3.63) is 46.9 Å². The van der Waals surface area contributed by atoms with Crippen molar-refractivity contribution in [2.24, 2.45) is 0 Å². The van der Waals surface area contributed by atoms with E-state index in [0.717, 1.165) is 39.2 Å². The molecular weight excluding hydrogens is 505 g/mol. The fourth-order valence-electron chi connectivity index (χ4n) is 4.48. The number of anilines is 2. The Morgan fingerprint density at radius 1 is 1.24 bits per heavy atom. The maximum Gasteiger partial charge on any atom is 0.162 e. The van der Waals surface area contributed by atoms with Crippen LogP contribution >= 0.6 is 15.9 Å². The quantitative estimate of drug-likeness (QED) is 0.425. The molecule has 0 amide bonds. The van der Waals surface area contributed by atoms with Gasteiger partial charge < -0.3 is 24.8 Å². The second-order valence-corrected chi connectivity index (χ2v) is 9.34. The SMILES string of the molecule is COc1cc2ncnc(Nc3ccc(Br)cc3F)c2cc1OCCCN1CC2NCCOC2C1. The molecule has 10 heteroatoms. The van der Waals surface area contributed by atoms with E-state index in [0.29, 0.717) is 51.0 Å². The molecule has 34 heavy (non-hydrogen) atoms. The summed E-state index contributed by atoms with van der Waals surface area (Å²) in [6.07, 6.45) is 2.60. The Morgan fingerprint density at radius 2 is 2.15 bits per heavy atom. The van der Waals surface area contributed by atoms with Gasteiger partial charge in [-0.25, -0.2) is 14.4 Å². The second-order valence-electron chi connectivity index (χ2n) is 8.42. The van der Waals surface area contributed by atoms with Gasteiger partial charge in [0, 0.05) is 48.1 Å². The smallest absolute Gasteiger partial charge is 0.162 e. The Morgan fingerprint density at radius 3 is 2.97 bits per heavy atom. The van der Waals surface area contributed by atoms with E-state index in [1.165, 1.54) is 12.4 Å². The lowest BCUT2D eigenvalue weighted by Gasteiger charge is -2.25. The molecule has 3 aromatic rings. The van der Waals surface area contributed by atoms with Gasteiger partial charge in [0.1, 0.15) is 18.0 Å². The number of benzene rings is 2. The molecule has 2 atom stereocenters. The third-order valence-electron chi connectivity index (χ3n) is 6.16. The number of methoxy groups -OCH3 is 1. The van der Waals surface area contributed by atoms with E-state index < -0.39 is 0 Å². The van der Waals surface area contributed by atoms with Crippen LogP contribution in [0.3, 0.4) is 0 Å². The van der Waals surface area contributed by atoms with Crippen LogP contribution in [0.2, 0.25) is 0 Å². The first-order chi connectivity index (χ1) is 16.6. The van der Waals surface area contributed by atoms with Gasteiger partial charge in [0.15, 0.2) is 11.5 Å². The number of hydrogen-bond acceptors (Lipinski definition) is 8. The normalized spacial score (nSPS) is 20.3. The number of halogens is 2. The topological polar surface area (TPSA) is 80.8 Å². The fraction of sp³-hybridized carbons (Fsp3) is 0.417. The van der Waals surface area contributed by atoms with Gasteiger partial charge in [-0.2, -0.15) is 0 Å². The van der Waals surface area contributed by atoms with Crippen molar-refractivity contribution in [1.29, 1.82) is 0 Å². The molecule has 3 heterocycles. The monoisotopic (exact) mass is 531 g/mol. The van der Waals surface area contributed by atoms with Crippen LogP contribution in [0.1, 0.15) is 6.42 Å². The standard InChI is InChI=1S/C24H27BrFN5O3/c1-32-21-11-19-16(24(29-14-28-19)30-18-4-3-15(25)9-17(18)26)10-22(21)33-7-2-6-31-12-20-23(13-31)34-8-5-27-20/h3-4,9-11,14,20,23,27H,2,5-8,12-13H2,1H3,(H,28,29,30). The predicted octanol–water partition coefficient (Wildman–Crippen LogP) is 3.73. The van der Waals surface area contributed by atoms with E-state index >= 15 is 0 Å². The number of nitrogens with one attached hydrogen (secondary N) is 2. The number of morpholine rings is 1. The number of ether oxygens (including phenoxy) is 3. The van der Waals surface area contributed by atoms with Crippen LogP contribution in [-0.2, 0) is 4.74 Å². The molecule has 0 radical (unpaired) electrons. The minimum Gasteiger partial charge on any atom is -0.493 e. The van der Waals surface area contributed by atoms with Gasteiger partial charge >= 0.3 is 0 Å². The number of aromatic nitrogens is 2. The molecule has 0 saturated carbocycles. The molecule has 2 N–H and O–H groups in total. The highest BCUT2D eigenvalue weighted by Crippen LogP contribution is 2.35. The Balaban J connectivity index is 1.27. The van der Waals surface area contributed by atoms with Crippen molar-refractivity contribution in [3.8, 4) is 11.5 Å².